The van der Waals surface area contributed by atoms with Gasteiger partial charge in [-0.15, -0.1) is 0 Å². The smallest absolute Gasteiger partial charge is 0.279 e. The fraction of sp³-hybridized carbons (Fsp3) is 0.316. The molecule has 2 N–H and O–H groups in total. The Kier molecular flexibility index (Phi) is 6.82. The summed E-state index contributed by atoms with van der Waals surface area (Å²) < 4.78 is 6.34. The van der Waals surface area contributed by atoms with Gasteiger partial charge in [-0.2, -0.15) is 0 Å². The van der Waals surface area contributed by atoms with E-state index >= 15 is 0 Å². The highest BCUT2D eigenvalue weighted by atomic mass is 79.9. The summed E-state index contributed by atoms with van der Waals surface area (Å²) in [4.78, 5) is 13.3. The number of rotatable bonds is 7. The van der Waals surface area contributed by atoms with E-state index in [-0.39, 0.29) is 5.91 Å². The second-order valence-corrected chi connectivity index (χ2v) is 6.77. The van der Waals surface area contributed by atoms with E-state index in [1.165, 1.54) is 5.56 Å². The molecule has 2 aromatic carbocycles. The number of carbonyl (C=O) groups excluding carboxylic acids is 1. The number of aryl methyl sites for hydroxylation is 1. The lowest BCUT2D eigenvalue weighted by molar-refractivity contribution is -0.885. The van der Waals surface area contributed by atoms with Crippen molar-refractivity contribution in [3.63, 3.8) is 0 Å². The number of anilines is 1. The number of amides is 1. The van der Waals surface area contributed by atoms with Crippen LogP contribution in [-0.4, -0.2) is 26.1 Å². The maximum Gasteiger partial charge on any atom is 0.279 e. The molecule has 0 fully saturated rings. The molecular weight excluding hydrogens is 368 g/mol. The number of halogens is 1. The van der Waals surface area contributed by atoms with Crippen molar-refractivity contribution in [3.8, 4) is 5.75 Å². The second kappa shape index (κ2) is 8.85. The second-order valence-electron chi connectivity index (χ2n) is 5.92. The molecule has 0 radical (unpaired) electrons. The molecule has 0 spiro atoms. The Morgan fingerprint density at radius 2 is 1.92 bits per heavy atom. The van der Waals surface area contributed by atoms with Crippen LogP contribution in [0.3, 0.4) is 0 Å². The first-order chi connectivity index (χ1) is 11.5. The summed E-state index contributed by atoms with van der Waals surface area (Å²) in [5.41, 5.74) is 3.14. The minimum atomic E-state index is 0.00277. The SMILES string of the molecule is CCOc1ccc(C[NH+](C)CC(=O)Nc2ccc(C)cc2Br)cc1. The number of ether oxygens (including phenoxy) is 1. The standard InChI is InChI=1S/C19H23BrN2O2/c1-4-24-16-8-6-15(7-9-16)12-22(3)13-19(23)21-18-10-5-14(2)11-17(18)20/h5-11H,4,12-13H2,1-3H3,(H,21,23)/p+1. The summed E-state index contributed by atoms with van der Waals surface area (Å²) in [6, 6.07) is 13.9. The third-order valence-corrected chi connectivity index (χ3v) is 4.26. The molecule has 4 nitrogen and oxygen atoms in total. The van der Waals surface area contributed by atoms with Crippen molar-refractivity contribution in [2.24, 2.45) is 0 Å². The summed E-state index contributed by atoms with van der Waals surface area (Å²) >= 11 is 3.48. The van der Waals surface area contributed by atoms with Crippen LogP contribution in [0.2, 0.25) is 0 Å². The molecule has 1 amide bonds. The molecule has 2 aromatic rings. The monoisotopic (exact) mass is 391 g/mol. The number of quaternary nitrogens is 1. The van der Waals surface area contributed by atoms with Gasteiger partial charge in [-0.05, 0) is 71.7 Å². The van der Waals surface area contributed by atoms with Gasteiger partial charge >= 0.3 is 0 Å². The van der Waals surface area contributed by atoms with Gasteiger partial charge in [-0.3, -0.25) is 4.79 Å². The molecule has 0 aromatic heterocycles. The normalized spacial score (nSPS) is 11.8. The van der Waals surface area contributed by atoms with Crippen LogP contribution < -0.4 is 15.0 Å². The van der Waals surface area contributed by atoms with Crippen LogP contribution in [0.4, 0.5) is 5.69 Å². The van der Waals surface area contributed by atoms with Crippen LogP contribution in [-0.2, 0) is 11.3 Å². The van der Waals surface area contributed by atoms with Gasteiger partial charge in [0.1, 0.15) is 12.3 Å². The molecule has 0 aliphatic heterocycles. The summed E-state index contributed by atoms with van der Waals surface area (Å²) in [5, 5.41) is 2.95. The minimum Gasteiger partial charge on any atom is -0.494 e. The van der Waals surface area contributed by atoms with E-state index in [4.69, 9.17) is 4.74 Å². The summed E-state index contributed by atoms with van der Waals surface area (Å²) in [5.74, 6) is 0.879. The molecule has 1 atom stereocenters. The highest BCUT2D eigenvalue weighted by Crippen LogP contribution is 2.23. The van der Waals surface area contributed by atoms with E-state index in [1.54, 1.807) is 0 Å². The van der Waals surface area contributed by atoms with Crippen molar-refractivity contribution in [3.05, 3.63) is 58.1 Å². The summed E-state index contributed by atoms with van der Waals surface area (Å²) in [6.07, 6.45) is 0. The highest BCUT2D eigenvalue weighted by molar-refractivity contribution is 9.10. The lowest BCUT2D eigenvalue weighted by Crippen LogP contribution is -3.08. The fourth-order valence-electron chi connectivity index (χ4n) is 2.47. The van der Waals surface area contributed by atoms with E-state index < -0.39 is 0 Å². The number of likely N-dealkylation sites (N-methyl/N-ethyl adjacent to an activating group) is 1. The van der Waals surface area contributed by atoms with Crippen molar-refractivity contribution in [1.29, 1.82) is 0 Å². The third-order valence-electron chi connectivity index (χ3n) is 3.60. The average Bonchev–Trinajstić information content (AvgIpc) is 2.52. The van der Waals surface area contributed by atoms with E-state index in [1.807, 2.05) is 63.4 Å². The van der Waals surface area contributed by atoms with Crippen LogP contribution in [0.1, 0.15) is 18.1 Å². The number of hydrogen-bond acceptors (Lipinski definition) is 2. The first-order valence-electron chi connectivity index (χ1n) is 8.07. The van der Waals surface area contributed by atoms with E-state index in [9.17, 15) is 4.79 Å². The summed E-state index contributed by atoms with van der Waals surface area (Å²) in [7, 11) is 2.01. The Labute approximate surface area is 151 Å². The number of benzene rings is 2. The molecule has 5 heteroatoms. The maximum absolute atomic E-state index is 12.2. The van der Waals surface area contributed by atoms with Crippen molar-refractivity contribution in [2.45, 2.75) is 20.4 Å². The first-order valence-corrected chi connectivity index (χ1v) is 8.86. The quantitative estimate of drug-likeness (QED) is 0.761. The predicted octanol–water partition coefficient (Wildman–Crippen LogP) is 2.81. The molecule has 0 bridgehead atoms. The Bertz CT molecular complexity index is 686. The van der Waals surface area contributed by atoms with Gasteiger partial charge in [0.2, 0.25) is 0 Å². The van der Waals surface area contributed by atoms with Crippen molar-refractivity contribution < 1.29 is 14.4 Å². The van der Waals surface area contributed by atoms with Crippen LogP contribution in [0, 0.1) is 6.92 Å². The van der Waals surface area contributed by atoms with Gasteiger partial charge in [-0.25, -0.2) is 0 Å². The van der Waals surface area contributed by atoms with Gasteiger partial charge in [0.05, 0.1) is 19.3 Å². The van der Waals surface area contributed by atoms with E-state index in [0.29, 0.717) is 13.2 Å². The molecule has 0 heterocycles. The van der Waals surface area contributed by atoms with Gasteiger partial charge in [-0.1, -0.05) is 6.07 Å². The van der Waals surface area contributed by atoms with Crippen LogP contribution in [0.25, 0.3) is 0 Å². The molecule has 1 unspecified atom stereocenters. The van der Waals surface area contributed by atoms with E-state index in [0.717, 1.165) is 32.9 Å². The molecular formula is C19H24BrN2O2+. The molecule has 128 valence electrons. The Morgan fingerprint density at radius 1 is 1.21 bits per heavy atom. The zero-order valence-corrected chi connectivity index (χ0v) is 15.9. The maximum atomic E-state index is 12.2. The van der Waals surface area contributed by atoms with Gasteiger partial charge in [0.15, 0.2) is 6.54 Å². The largest absolute Gasteiger partial charge is 0.494 e. The molecule has 2 rings (SSSR count). The van der Waals surface area contributed by atoms with E-state index in [2.05, 4.69) is 21.2 Å². The zero-order valence-electron chi connectivity index (χ0n) is 14.4. The van der Waals surface area contributed by atoms with Crippen molar-refractivity contribution in [2.75, 3.05) is 25.5 Å². The molecule has 0 saturated carbocycles. The van der Waals surface area contributed by atoms with Crippen molar-refractivity contribution in [1.82, 2.24) is 0 Å². The van der Waals surface area contributed by atoms with Crippen LogP contribution >= 0.6 is 15.9 Å². The van der Waals surface area contributed by atoms with Crippen LogP contribution in [0.5, 0.6) is 5.75 Å². The lowest BCUT2D eigenvalue weighted by atomic mass is 10.2. The van der Waals surface area contributed by atoms with Crippen molar-refractivity contribution >= 4 is 27.5 Å². The number of hydrogen-bond donors (Lipinski definition) is 2. The predicted molar refractivity (Wildman–Crippen MR) is 101 cm³/mol. The van der Waals surface area contributed by atoms with Gasteiger partial charge < -0.3 is 15.0 Å². The van der Waals surface area contributed by atoms with Gasteiger partial charge in [0, 0.05) is 10.0 Å². The topological polar surface area (TPSA) is 42.8 Å². The number of carbonyl (C=O) groups is 1. The Hall–Kier alpha value is -1.85. The average molecular weight is 392 g/mol. The molecule has 0 saturated heterocycles. The minimum absolute atomic E-state index is 0.00277. The zero-order chi connectivity index (χ0) is 17.5. The Morgan fingerprint density at radius 3 is 2.54 bits per heavy atom. The highest BCUT2D eigenvalue weighted by Gasteiger charge is 2.12. The molecule has 0 aliphatic carbocycles. The number of nitrogens with one attached hydrogen (secondary N) is 2. The molecule has 0 aliphatic rings. The third kappa shape index (κ3) is 5.65. The Balaban J connectivity index is 1.86. The fourth-order valence-corrected chi connectivity index (χ4v) is 3.06. The molecule has 24 heavy (non-hydrogen) atoms. The van der Waals surface area contributed by atoms with Gasteiger partial charge in [0.25, 0.3) is 5.91 Å². The first kappa shape index (κ1) is 18.5. The lowest BCUT2D eigenvalue weighted by Gasteiger charge is -2.15. The summed E-state index contributed by atoms with van der Waals surface area (Å²) in [6.45, 7) is 5.85. The van der Waals surface area contributed by atoms with Crippen LogP contribution in [0.15, 0.2) is 46.9 Å².